The van der Waals surface area contributed by atoms with Crippen molar-refractivity contribution in [2.75, 3.05) is 6.61 Å². The zero-order chi connectivity index (χ0) is 15.4. The largest absolute Gasteiger partial charge is 0.492 e. The predicted molar refractivity (Wildman–Crippen MR) is 92.9 cm³/mol. The van der Waals surface area contributed by atoms with Gasteiger partial charge in [-0.2, -0.15) is 0 Å². The molecule has 4 heteroatoms. The Balaban J connectivity index is 2.29. The normalized spacial score (nSPS) is 12.2. The van der Waals surface area contributed by atoms with Crippen LogP contribution >= 0.6 is 31.9 Å². The van der Waals surface area contributed by atoms with Gasteiger partial charge in [0, 0.05) is 4.47 Å². The van der Waals surface area contributed by atoms with Gasteiger partial charge in [-0.15, -0.1) is 0 Å². The molecule has 0 spiro atoms. The molecule has 0 aliphatic heterocycles. The van der Waals surface area contributed by atoms with Crippen LogP contribution in [0, 0.1) is 6.92 Å². The topological polar surface area (TPSA) is 29.5 Å². The van der Waals surface area contributed by atoms with Crippen molar-refractivity contribution in [1.82, 2.24) is 0 Å². The van der Waals surface area contributed by atoms with E-state index in [2.05, 4.69) is 38.8 Å². The van der Waals surface area contributed by atoms with Gasteiger partial charge in [0.2, 0.25) is 0 Å². The number of ether oxygens (including phenoxy) is 1. The van der Waals surface area contributed by atoms with E-state index < -0.39 is 6.10 Å². The van der Waals surface area contributed by atoms with E-state index in [9.17, 15) is 5.11 Å². The third-order valence-corrected chi connectivity index (χ3v) is 4.82. The summed E-state index contributed by atoms with van der Waals surface area (Å²) < 4.78 is 7.50. The van der Waals surface area contributed by atoms with Crippen molar-refractivity contribution in [3.63, 3.8) is 0 Å². The summed E-state index contributed by atoms with van der Waals surface area (Å²) in [6, 6.07) is 11.6. The van der Waals surface area contributed by atoms with Crippen molar-refractivity contribution in [3.8, 4) is 5.75 Å². The van der Waals surface area contributed by atoms with Crippen molar-refractivity contribution in [3.05, 3.63) is 62.0 Å². The van der Waals surface area contributed by atoms with Crippen molar-refractivity contribution in [2.45, 2.75) is 26.4 Å². The Bertz CT molecular complexity index is 626. The zero-order valence-corrected chi connectivity index (χ0v) is 15.2. The zero-order valence-electron chi connectivity index (χ0n) is 12.1. The fourth-order valence-corrected chi connectivity index (χ4v) is 3.01. The highest BCUT2D eigenvalue weighted by molar-refractivity contribution is 9.10. The molecule has 0 fully saturated rings. The van der Waals surface area contributed by atoms with Crippen LogP contribution in [0.3, 0.4) is 0 Å². The van der Waals surface area contributed by atoms with Crippen LogP contribution in [0.5, 0.6) is 5.75 Å². The van der Waals surface area contributed by atoms with Gasteiger partial charge in [-0.25, -0.2) is 0 Å². The predicted octanol–water partition coefficient (Wildman–Crippen LogP) is 5.39. The van der Waals surface area contributed by atoms with Crippen LogP contribution in [0.25, 0.3) is 0 Å². The van der Waals surface area contributed by atoms with E-state index in [1.165, 1.54) is 0 Å². The van der Waals surface area contributed by atoms with Crippen LogP contribution in [0.2, 0.25) is 0 Å². The summed E-state index contributed by atoms with van der Waals surface area (Å²) in [5, 5.41) is 10.6. The standard InChI is InChI=1S/C17H18Br2O2/c1-3-9-21-16-8-7-12(10-15(16)19)17(20)13-5-4-6-14(18)11(13)2/h4-8,10,17,20H,3,9H2,1-2H3. The molecule has 0 radical (unpaired) electrons. The quantitative estimate of drug-likeness (QED) is 0.711. The minimum absolute atomic E-state index is 0.654. The Morgan fingerprint density at radius 2 is 1.90 bits per heavy atom. The number of hydrogen-bond donors (Lipinski definition) is 1. The third kappa shape index (κ3) is 3.87. The van der Waals surface area contributed by atoms with E-state index in [0.29, 0.717) is 6.61 Å². The second kappa shape index (κ2) is 7.43. The minimum atomic E-state index is -0.654. The molecule has 2 aromatic carbocycles. The summed E-state index contributed by atoms with van der Waals surface area (Å²) in [5.41, 5.74) is 2.79. The van der Waals surface area contributed by atoms with Crippen LogP contribution in [-0.4, -0.2) is 11.7 Å². The molecule has 0 bridgehead atoms. The molecule has 112 valence electrons. The third-order valence-electron chi connectivity index (χ3n) is 3.34. The maximum Gasteiger partial charge on any atom is 0.133 e. The second-order valence-corrected chi connectivity index (χ2v) is 6.60. The smallest absolute Gasteiger partial charge is 0.133 e. The first kappa shape index (κ1) is 16.5. The molecule has 0 saturated carbocycles. The van der Waals surface area contributed by atoms with Crippen LogP contribution in [0.15, 0.2) is 45.3 Å². The van der Waals surface area contributed by atoms with E-state index in [1.807, 2.05) is 43.3 Å². The number of rotatable bonds is 5. The molecule has 0 amide bonds. The number of aliphatic hydroxyl groups excluding tert-OH is 1. The molecule has 0 aromatic heterocycles. The Morgan fingerprint density at radius 1 is 1.14 bits per heavy atom. The highest BCUT2D eigenvalue weighted by Gasteiger charge is 2.15. The van der Waals surface area contributed by atoms with E-state index in [1.54, 1.807) is 0 Å². The summed E-state index contributed by atoms with van der Waals surface area (Å²) in [6.07, 6.45) is 0.313. The van der Waals surface area contributed by atoms with Crippen molar-refractivity contribution < 1.29 is 9.84 Å². The first-order valence-electron chi connectivity index (χ1n) is 6.90. The van der Waals surface area contributed by atoms with Gasteiger partial charge < -0.3 is 9.84 Å². The Labute approximate surface area is 142 Å². The molecular weight excluding hydrogens is 396 g/mol. The SMILES string of the molecule is CCCOc1ccc(C(O)c2cccc(Br)c2C)cc1Br. The summed E-state index contributed by atoms with van der Waals surface area (Å²) >= 11 is 7.01. The molecule has 1 unspecified atom stereocenters. The lowest BCUT2D eigenvalue weighted by molar-refractivity contribution is 0.219. The summed E-state index contributed by atoms with van der Waals surface area (Å²) in [6.45, 7) is 4.75. The Hall–Kier alpha value is -0.840. The number of benzene rings is 2. The molecule has 1 atom stereocenters. The fraction of sp³-hybridized carbons (Fsp3) is 0.294. The van der Waals surface area contributed by atoms with Crippen molar-refractivity contribution in [2.24, 2.45) is 0 Å². The van der Waals surface area contributed by atoms with Crippen molar-refractivity contribution in [1.29, 1.82) is 0 Å². The lowest BCUT2D eigenvalue weighted by atomic mass is 9.97. The van der Waals surface area contributed by atoms with E-state index in [0.717, 1.165) is 37.8 Å². The maximum atomic E-state index is 10.6. The van der Waals surface area contributed by atoms with Crippen LogP contribution in [0.4, 0.5) is 0 Å². The van der Waals surface area contributed by atoms with Crippen molar-refractivity contribution >= 4 is 31.9 Å². The van der Waals surface area contributed by atoms with Gasteiger partial charge in [0.1, 0.15) is 11.9 Å². The molecule has 2 aromatic rings. The van der Waals surface area contributed by atoms with Gasteiger partial charge in [0.05, 0.1) is 11.1 Å². The van der Waals surface area contributed by atoms with Gasteiger partial charge in [0.25, 0.3) is 0 Å². The molecular formula is C17H18Br2O2. The average Bonchev–Trinajstić information content (AvgIpc) is 2.48. The molecule has 2 nitrogen and oxygen atoms in total. The number of hydrogen-bond acceptors (Lipinski definition) is 2. The maximum absolute atomic E-state index is 10.6. The van der Waals surface area contributed by atoms with Crippen LogP contribution in [0.1, 0.15) is 36.1 Å². The highest BCUT2D eigenvalue weighted by atomic mass is 79.9. The first-order chi connectivity index (χ1) is 10.0. The average molecular weight is 414 g/mol. The molecule has 1 N–H and O–H groups in total. The van der Waals surface area contributed by atoms with E-state index >= 15 is 0 Å². The van der Waals surface area contributed by atoms with Gasteiger partial charge in [-0.05, 0) is 64.2 Å². The summed E-state index contributed by atoms with van der Waals surface area (Å²) in [4.78, 5) is 0. The molecule has 0 heterocycles. The molecule has 0 aliphatic rings. The van der Waals surface area contributed by atoms with Gasteiger partial charge in [-0.1, -0.05) is 41.1 Å². The highest BCUT2D eigenvalue weighted by Crippen LogP contribution is 2.33. The lowest BCUT2D eigenvalue weighted by Crippen LogP contribution is -2.03. The monoisotopic (exact) mass is 412 g/mol. The molecule has 0 saturated heterocycles. The molecule has 2 rings (SSSR count). The minimum Gasteiger partial charge on any atom is -0.492 e. The van der Waals surface area contributed by atoms with Crippen LogP contribution in [-0.2, 0) is 0 Å². The number of halogens is 2. The Kier molecular flexibility index (Phi) is 5.85. The van der Waals surface area contributed by atoms with Crippen LogP contribution < -0.4 is 4.74 Å². The Morgan fingerprint density at radius 3 is 2.57 bits per heavy atom. The molecule has 0 aliphatic carbocycles. The first-order valence-corrected chi connectivity index (χ1v) is 8.48. The van der Waals surface area contributed by atoms with E-state index in [-0.39, 0.29) is 0 Å². The van der Waals surface area contributed by atoms with Gasteiger partial charge in [-0.3, -0.25) is 0 Å². The molecule has 21 heavy (non-hydrogen) atoms. The van der Waals surface area contributed by atoms with E-state index in [4.69, 9.17) is 4.74 Å². The van der Waals surface area contributed by atoms with Gasteiger partial charge >= 0.3 is 0 Å². The summed E-state index contributed by atoms with van der Waals surface area (Å²) in [5.74, 6) is 0.804. The fourth-order valence-electron chi connectivity index (χ4n) is 2.12. The number of aliphatic hydroxyl groups is 1. The lowest BCUT2D eigenvalue weighted by Gasteiger charge is -2.16. The van der Waals surface area contributed by atoms with Gasteiger partial charge in [0.15, 0.2) is 0 Å². The summed E-state index contributed by atoms with van der Waals surface area (Å²) in [7, 11) is 0. The second-order valence-electron chi connectivity index (χ2n) is 4.89.